The number of ether oxygens (including phenoxy) is 2. The van der Waals surface area contributed by atoms with Crippen molar-refractivity contribution in [2.24, 2.45) is 5.73 Å². The van der Waals surface area contributed by atoms with Gasteiger partial charge in [-0.1, -0.05) is 19.3 Å². The van der Waals surface area contributed by atoms with E-state index in [9.17, 15) is 4.79 Å². The van der Waals surface area contributed by atoms with Crippen molar-refractivity contribution in [2.75, 3.05) is 13.2 Å². The van der Waals surface area contributed by atoms with Gasteiger partial charge in [-0.05, 0) is 26.7 Å². The summed E-state index contributed by atoms with van der Waals surface area (Å²) in [6, 6.07) is 0. The van der Waals surface area contributed by atoms with E-state index in [1.807, 2.05) is 13.8 Å². The average molecular weight is 270 g/mol. The smallest absolute Gasteiger partial charge is 0.221 e. The minimum absolute atomic E-state index is 0.0257. The second-order valence-electron chi connectivity index (χ2n) is 6.35. The third-order valence-electron chi connectivity index (χ3n) is 3.96. The Labute approximate surface area is 115 Å². The second kappa shape index (κ2) is 5.77. The maximum absolute atomic E-state index is 11.9. The Morgan fingerprint density at radius 3 is 2.58 bits per heavy atom. The number of nitrogens with one attached hydrogen (secondary N) is 1. The fraction of sp³-hybridized carbons (Fsp3) is 0.929. The number of hydrogen-bond donors (Lipinski definition) is 2. The molecule has 0 aromatic rings. The van der Waals surface area contributed by atoms with Gasteiger partial charge in [0.2, 0.25) is 5.91 Å². The molecular weight excluding hydrogens is 244 g/mol. The lowest BCUT2D eigenvalue weighted by Crippen LogP contribution is -2.47. The number of amides is 1. The van der Waals surface area contributed by atoms with Gasteiger partial charge in [0.25, 0.3) is 0 Å². The van der Waals surface area contributed by atoms with Crippen molar-refractivity contribution in [1.82, 2.24) is 5.32 Å². The molecule has 1 aliphatic heterocycles. The standard InChI is InChI=1S/C14H26N2O3/c1-13(2)18-10-11(19-13)9-16-12(17)8-14(15)6-4-3-5-7-14/h11H,3-10,15H2,1-2H3,(H,16,17). The monoisotopic (exact) mass is 270 g/mol. The highest BCUT2D eigenvalue weighted by Gasteiger charge is 2.34. The van der Waals surface area contributed by atoms with Gasteiger partial charge >= 0.3 is 0 Å². The number of rotatable bonds is 4. The van der Waals surface area contributed by atoms with Gasteiger partial charge in [0.15, 0.2) is 5.79 Å². The zero-order valence-electron chi connectivity index (χ0n) is 12.0. The predicted molar refractivity (Wildman–Crippen MR) is 72.5 cm³/mol. The topological polar surface area (TPSA) is 73.6 Å². The molecule has 1 amide bonds. The molecule has 2 fully saturated rings. The normalized spacial score (nSPS) is 29.1. The summed E-state index contributed by atoms with van der Waals surface area (Å²) in [6.45, 7) is 4.79. The average Bonchev–Trinajstić information content (AvgIpc) is 2.67. The largest absolute Gasteiger partial charge is 0.353 e. The molecule has 0 bridgehead atoms. The molecule has 5 nitrogen and oxygen atoms in total. The third-order valence-corrected chi connectivity index (χ3v) is 3.96. The number of carbonyl (C=O) groups is 1. The van der Waals surface area contributed by atoms with E-state index in [0.717, 1.165) is 25.7 Å². The number of nitrogens with two attached hydrogens (primary N) is 1. The van der Waals surface area contributed by atoms with Crippen molar-refractivity contribution in [2.45, 2.75) is 69.8 Å². The molecule has 0 aromatic carbocycles. The molecule has 110 valence electrons. The SMILES string of the molecule is CC1(C)OCC(CNC(=O)CC2(N)CCCCC2)O1. The first kappa shape index (κ1) is 14.8. The summed E-state index contributed by atoms with van der Waals surface area (Å²) in [4.78, 5) is 11.9. The molecule has 3 N–H and O–H groups in total. The first-order valence-electron chi connectivity index (χ1n) is 7.26. The highest BCUT2D eigenvalue weighted by atomic mass is 16.7. The van der Waals surface area contributed by atoms with Gasteiger partial charge in [-0.3, -0.25) is 4.79 Å². The van der Waals surface area contributed by atoms with Gasteiger partial charge in [-0.25, -0.2) is 0 Å². The van der Waals surface area contributed by atoms with Crippen LogP contribution in [0.2, 0.25) is 0 Å². The Bertz CT molecular complexity index is 325. The molecular formula is C14H26N2O3. The van der Waals surface area contributed by atoms with Crippen LogP contribution in [0.4, 0.5) is 0 Å². The predicted octanol–water partition coefficient (Wildman–Crippen LogP) is 1.31. The second-order valence-corrected chi connectivity index (χ2v) is 6.35. The van der Waals surface area contributed by atoms with Gasteiger partial charge in [-0.15, -0.1) is 0 Å². The summed E-state index contributed by atoms with van der Waals surface area (Å²) in [6.07, 6.45) is 5.79. The van der Waals surface area contributed by atoms with Crippen LogP contribution in [0.15, 0.2) is 0 Å². The molecule has 1 heterocycles. The Balaban J connectivity index is 1.70. The lowest BCUT2D eigenvalue weighted by Gasteiger charge is -2.32. The third kappa shape index (κ3) is 4.44. The van der Waals surface area contributed by atoms with Crippen LogP contribution in [0.25, 0.3) is 0 Å². The molecule has 1 unspecified atom stereocenters. The van der Waals surface area contributed by atoms with Crippen molar-refractivity contribution in [3.05, 3.63) is 0 Å². The maximum Gasteiger partial charge on any atom is 0.221 e. The van der Waals surface area contributed by atoms with Gasteiger partial charge in [0, 0.05) is 18.5 Å². The lowest BCUT2D eigenvalue weighted by molar-refractivity contribution is -0.139. The summed E-state index contributed by atoms with van der Waals surface area (Å²) in [5, 5.41) is 2.91. The molecule has 0 spiro atoms. The fourth-order valence-electron chi connectivity index (χ4n) is 2.91. The van der Waals surface area contributed by atoms with Crippen LogP contribution in [0, 0.1) is 0 Å². The minimum Gasteiger partial charge on any atom is -0.353 e. The molecule has 1 saturated carbocycles. The first-order valence-corrected chi connectivity index (χ1v) is 7.26. The molecule has 0 aromatic heterocycles. The summed E-state index contributed by atoms with van der Waals surface area (Å²) >= 11 is 0. The Kier molecular flexibility index (Phi) is 4.48. The molecule has 2 rings (SSSR count). The molecule has 2 aliphatic rings. The zero-order valence-corrected chi connectivity index (χ0v) is 12.0. The lowest BCUT2D eigenvalue weighted by atomic mass is 9.80. The van der Waals surface area contributed by atoms with Crippen LogP contribution in [0.5, 0.6) is 0 Å². The highest BCUT2D eigenvalue weighted by molar-refractivity contribution is 5.77. The van der Waals surface area contributed by atoms with Crippen molar-refractivity contribution >= 4 is 5.91 Å². The van der Waals surface area contributed by atoms with E-state index in [2.05, 4.69) is 5.32 Å². The van der Waals surface area contributed by atoms with Crippen molar-refractivity contribution in [3.63, 3.8) is 0 Å². The van der Waals surface area contributed by atoms with E-state index in [1.165, 1.54) is 6.42 Å². The van der Waals surface area contributed by atoms with Crippen LogP contribution < -0.4 is 11.1 Å². The van der Waals surface area contributed by atoms with E-state index in [4.69, 9.17) is 15.2 Å². The maximum atomic E-state index is 11.9. The van der Waals surface area contributed by atoms with Crippen molar-refractivity contribution in [1.29, 1.82) is 0 Å². The zero-order chi connectivity index (χ0) is 13.9. The van der Waals surface area contributed by atoms with E-state index < -0.39 is 5.79 Å². The highest BCUT2D eigenvalue weighted by Crippen LogP contribution is 2.28. The summed E-state index contributed by atoms with van der Waals surface area (Å²) in [7, 11) is 0. The van der Waals surface area contributed by atoms with E-state index in [0.29, 0.717) is 19.6 Å². The van der Waals surface area contributed by atoms with Crippen LogP contribution in [0.1, 0.15) is 52.4 Å². The van der Waals surface area contributed by atoms with E-state index in [-0.39, 0.29) is 17.6 Å². The molecule has 1 saturated heterocycles. The summed E-state index contributed by atoms with van der Waals surface area (Å²) in [5.74, 6) is -0.508. The van der Waals surface area contributed by atoms with Gasteiger partial charge in [0.05, 0.1) is 6.61 Å². The molecule has 19 heavy (non-hydrogen) atoms. The summed E-state index contributed by atoms with van der Waals surface area (Å²) < 4.78 is 11.1. The minimum atomic E-state index is -0.534. The number of hydrogen-bond acceptors (Lipinski definition) is 4. The van der Waals surface area contributed by atoms with Crippen LogP contribution in [-0.2, 0) is 14.3 Å². The van der Waals surface area contributed by atoms with Crippen LogP contribution in [0.3, 0.4) is 0 Å². The van der Waals surface area contributed by atoms with Crippen LogP contribution >= 0.6 is 0 Å². The summed E-state index contributed by atoms with van der Waals surface area (Å²) in [5.41, 5.74) is 5.97. The molecule has 5 heteroatoms. The quantitative estimate of drug-likeness (QED) is 0.807. The van der Waals surface area contributed by atoms with Gasteiger partial charge in [-0.2, -0.15) is 0 Å². The van der Waals surface area contributed by atoms with E-state index >= 15 is 0 Å². The molecule has 1 atom stereocenters. The Hall–Kier alpha value is -0.650. The Morgan fingerprint density at radius 2 is 2.00 bits per heavy atom. The van der Waals surface area contributed by atoms with Crippen molar-refractivity contribution in [3.8, 4) is 0 Å². The van der Waals surface area contributed by atoms with Gasteiger partial charge in [0.1, 0.15) is 6.10 Å². The van der Waals surface area contributed by atoms with E-state index in [1.54, 1.807) is 0 Å². The van der Waals surface area contributed by atoms with Crippen molar-refractivity contribution < 1.29 is 14.3 Å². The van der Waals surface area contributed by atoms with Gasteiger partial charge < -0.3 is 20.5 Å². The molecule has 1 aliphatic carbocycles. The Morgan fingerprint density at radius 1 is 1.32 bits per heavy atom. The fourth-order valence-corrected chi connectivity index (χ4v) is 2.91. The first-order chi connectivity index (χ1) is 8.89. The van der Waals surface area contributed by atoms with Crippen LogP contribution in [-0.4, -0.2) is 36.5 Å². The molecule has 0 radical (unpaired) electrons. The number of carbonyl (C=O) groups excluding carboxylic acids is 1.